The van der Waals surface area contributed by atoms with Gasteiger partial charge in [0.15, 0.2) is 0 Å². The standard InChI is InChI=1S/C24H28ClN3O/c1-4-21(24(29)27-11-7-8-12-27)28-22-14-17(3)16(2)13-20(22)26-23(28)15-18-9-5-6-10-19(18)25/h5-6,9-10,13-14,21H,4,7-8,11-12,15H2,1-3H3. The number of imidazole rings is 1. The summed E-state index contributed by atoms with van der Waals surface area (Å²) < 4.78 is 2.17. The second kappa shape index (κ2) is 8.19. The number of halogens is 1. The van der Waals surface area contributed by atoms with Crippen LogP contribution < -0.4 is 0 Å². The third kappa shape index (κ3) is 3.78. The molecule has 1 aliphatic rings. The summed E-state index contributed by atoms with van der Waals surface area (Å²) in [5.41, 5.74) is 5.44. The molecule has 0 radical (unpaired) electrons. The van der Waals surface area contributed by atoms with Crippen LogP contribution >= 0.6 is 11.6 Å². The molecule has 0 spiro atoms. The van der Waals surface area contributed by atoms with Gasteiger partial charge in [-0.3, -0.25) is 4.79 Å². The minimum absolute atomic E-state index is 0.211. The summed E-state index contributed by atoms with van der Waals surface area (Å²) in [4.78, 5) is 20.4. The lowest BCUT2D eigenvalue weighted by Gasteiger charge is -2.25. The topological polar surface area (TPSA) is 38.1 Å². The molecule has 0 N–H and O–H groups in total. The Morgan fingerprint density at radius 3 is 2.52 bits per heavy atom. The Bertz CT molecular complexity index is 1050. The van der Waals surface area contributed by atoms with Crippen molar-refractivity contribution >= 4 is 28.5 Å². The van der Waals surface area contributed by atoms with Gasteiger partial charge >= 0.3 is 0 Å². The molecule has 4 nitrogen and oxygen atoms in total. The SMILES string of the molecule is CCC(C(=O)N1CCCC1)n1c(Cc2ccccc2Cl)nc2cc(C)c(C)cc21. The molecule has 2 aromatic carbocycles. The van der Waals surface area contributed by atoms with Crippen LogP contribution in [0, 0.1) is 13.8 Å². The zero-order chi connectivity index (χ0) is 20.5. The summed E-state index contributed by atoms with van der Waals surface area (Å²) in [7, 11) is 0. The fourth-order valence-corrected chi connectivity index (χ4v) is 4.50. The van der Waals surface area contributed by atoms with E-state index in [9.17, 15) is 4.79 Å². The highest BCUT2D eigenvalue weighted by Gasteiger charge is 2.30. The Labute approximate surface area is 177 Å². The second-order valence-corrected chi connectivity index (χ2v) is 8.46. The Hall–Kier alpha value is -2.33. The third-order valence-electron chi connectivity index (χ3n) is 6.09. The van der Waals surface area contributed by atoms with Crippen molar-refractivity contribution in [3.8, 4) is 0 Å². The third-order valence-corrected chi connectivity index (χ3v) is 6.45. The number of hydrogen-bond donors (Lipinski definition) is 0. The quantitative estimate of drug-likeness (QED) is 0.560. The zero-order valence-electron chi connectivity index (χ0n) is 17.4. The van der Waals surface area contributed by atoms with Gasteiger partial charge in [0.1, 0.15) is 11.9 Å². The molecule has 1 aromatic heterocycles. The van der Waals surface area contributed by atoms with E-state index in [0.717, 1.165) is 59.8 Å². The first kappa shape index (κ1) is 20.0. The van der Waals surface area contributed by atoms with Crippen molar-refractivity contribution in [2.45, 2.75) is 52.5 Å². The summed E-state index contributed by atoms with van der Waals surface area (Å²) in [6.45, 7) is 8.03. The van der Waals surface area contributed by atoms with E-state index in [0.29, 0.717) is 6.42 Å². The number of carbonyl (C=O) groups excluding carboxylic acids is 1. The molecule has 0 bridgehead atoms. The lowest BCUT2D eigenvalue weighted by atomic mass is 10.1. The van der Waals surface area contributed by atoms with Crippen LogP contribution in [0.2, 0.25) is 5.02 Å². The number of benzene rings is 2. The second-order valence-electron chi connectivity index (χ2n) is 8.05. The van der Waals surface area contributed by atoms with E-state index in [1.165, 1.54) is 11.1 Å². The van der Waals surface area contributed by atoms with Crippen LogP contribution in [0.4, 0.5) is 0 Å². The van der Waals surface area contributed by atoms with E-state index in [1.54, 1.807) is 0 Å². The van der Waals surface area contributed by atoms with E-state index in [4.69, 9.17) is 16.6 Å². The van der Waals surface area contributed by atoms with Crippen LogP contribution in [-0.2, 0) is 11.2 Å². The number of nitrogens with zero attached hydrogens (tertiary/aromatic N) is 3. The Morgan fingerprint density at radius 2 is 1.83 bits per heavy atom. The van der Waals surface area contributed by atoms with Crippen molar-refractivity contribution in [1.82, 2.24) is 14.5 Å². The fraction of sp³-hybridized carbons (Fsp3) is 0.417. The van der Waals surface area contributed by atoms with Gasteiger partial charge in [-0.05, 0) is 68.0 Å². The molecule has 0 saturated carbocycles. The van der Waals surface area contributed by atoms with Crippen molar-refractivity contribution in [1.29, 1.82) is 0 Å². The number of likely N-dealkylation sites (tertiary alicyclic amines) is 1. The molecule has 1 atom stereocenters. The van der Waals surface area contributed by atoms with E-state index < -0.39 is 0 Å². The molecule has 3 aromatic rings. The summed E-state index contributed by atoms with van der Waals surface area (Å²) >= 11 is 6.44. The summed E-state index contributed by atoms with van der Waals surface area (Å²) in [5, 5.41) is 0.734. The van der Waals surface area contributed by atoms with Gasteiger partial charge in [0, 0.05) is 24.5 Å². The highest BCUT2D eigenvalue weighted by Crippen LogP contribution is 2.30. The molecule has 4 rings (SSSR count). The summed E-state index contributed by atoms with van der Waals surface area (Å²) in [6.07, 6.45) is 3.54. The van der Waals surface area contributed by atoms with Crippen LogP contribution in [0.1, 0.15) is 54.7 Å². The van der Waals surface area contributed by atoms with Crippen molar-refractivity contribution < 1.29 is 4.79 Å². The van der Waals surface area contributed by atoms with Gasteiger partial charge in [0.2, 0.25) is 5.91 Å². The normalized spacial score (nSPS) is 15.2. The maximum Gasteiger partial charge on any atom is 0.245 e. The van der Waals surface area contributed by atoms with Gasteiger partial charge in [-0.2, -0.15) is 0 Å². The first-order chi connectivity index (χ1) is 14.0. The number of hydrogen-bond acceptors (Lipinski definition) is 2. The fourth-order valence-electron chi connectivity index (χ4n) is 4.30. The number of carbonyl (C=O) groups is 1. The Kier molecular flexibility index (Phi) is 5.64. The van der Waals surface area contributed by atoms with Gasteiger partial charge in [-0.15, -0.1) is 0 Å². The minimum atomic E-state index is -0.238. The van der Waals surface area contributed by atoms with Gasteiger partial charge in [0.25, 0.3) is 0 Å². The average Bonchev–Trinajstić information content (AvgIpc) is 3.34. The summed E-state index contributed by atoms with van der Waals surface area (Å²) in [5.74, 6) is 1.11. The Morgan fingerprint density at radius 1 is 1.14 bits per heavy atom. The minimum Gasteiger partial charge on any atom is -0.341 e. The molecular formula is C24H28ClN3O. The summed E-state index contributed by atoms with van der Waals surface area (Å²) in [6, 6.07) is 11.9. The van der Waals surface area contributed by atoms with E-state index in [2.05, 4.69) is 37.5 Å². The van der Waals surface area contributed by atoms with Crippen LogP contribution in [0.15, 0.2) is 36.4 Å². The van der Waals surface area contributed by atoms with Gasteiger partial charge in [0.05, 0.1) is 11.0 Å². The first-order valence-corrected chi connectivity index (χ1v) is 10.9. The van der Waals surface area contributed by atoms with Gasteiger partial charge < -0.3 is 9.47 Å². The number of fused-ring (bicyclic) bond motifs is 1. The molecule has 1 unspecified atom stereocenters. The van der Waals surface area contributed by atoms with Crippen molar-refractivity contribution in [3.63, 3.8) is 0 Å². The van der Waals surface area contributed by atoms with E-state index in [-0.39, 0.29) is 11.9 Å². The molecule has 0 aliphatic carbocycles. The largest absolute Gasteiger partial charge is 0.341 e. The number of rotatable bonds is 5. The maximum atomic E-state index is 13.4. The first-order valence-electron chi connectivity index (χ1n) is 10.5. The molecule has 152 valence electrons. The molecule has 1 amide bonds. The highest BCUT2D eigenvalue weighted by molar-refractivity contribution is 6.31. The molecule has 5 heteroatoms. The predicted molar refractivity (Wildman–Crippen MR) is 119 cm³/mol. The average molecular weight is 410 g/mol. The molecule has 29 heavy (non-hydrogen) atoms. The molecule has 2 heterocycles. The number of aryl methyl sites for hydroxylation is 2. The molecule has 1 saturated heterocycles. The lowest BCUT2D eigenvalue weighted by Crippen LogP contribution is -2.35. The zero-order valence-corrected chi connectivity index (χ0v) is 18.2. The van der Waals surface area contributed by atoms with Crippen LogP contribution in [0.5, 0.6) is 0 Å². The highest BCUT2D eigenvalue weighted by atomic mass is 35.5. The van der Waals surface area contributed by atoms with Crippen LogP contribution in [0.3, 0.4) is 0 Å². The van der Waals surface area contributed by atoms with E-state index in [1.807, 2.05) is 29.2 Å². The maximum absolute atomic E-state index is 13.4. The van der Waals surface area contributed by atoms with Crippen molar-refractivity contribution in [3.05, 3.63) is 63.9 Å². The smallest absolute Gasteiger partial charge is 0.245 e. The van der Waals surface area contributed by atoms with Crippen LogP contribution in [0.25, 0.3) is 11.0 Å². The molecular weight excluding hydrogens is 382 g/mol. The van der Waals surface area contributed by atoms with Crippen molar-refractivity contribution in [2.75, 3.05) is 13.1 Å². The van der Waals surface area contributed by atoms with Gasteiger partial charge in [-0.25, -0.2) is 4.98 Å². The lowest BCUT2D eigenvalue weighted by molar-refractivity contribution is -0.133. The van der Waals surface area contributed by atoms with Crippen molar-refractivity contribution in [2.24, 2.45) is 0 Å². The molecule has 1 aliphatic heterocycles. The Balaban J connectivity index is 1.85. The predicted octanol–water partition coefficient (Wildman–Crippen LogP) is 5.47. The van der Waals surface area contributed by atoms with E-state index >= 15 is 0 Å². The number of aromatic nitrogens is 2. The van der Waals surface area contributed by atoms with Gasteiger partial charge in [-0.1, -0.05) is 36.7 Å². The molecule has 1 fully saturated rings. The van der Waals surface area contributed by atoms with Crippen LogP contribution in [-0.4, -0.2) is 33.4 Å². The number of amides is 1. The monoisotopic (exact) mass is 409 g/mol.